The summed E-state index contributed by atoms with van der Waals surface area (Å²) in [7, 11) is 2.08. The van der Waals surface area contributed by atoms with E-state index in [1.165, 1.54) is 5.69 Å². The van der Waals surface area contributed by atoms with Gasteiger partial charge in [-0.25, -0.2) is 10.2 Å². The van der Waals surface area contributed by atoms with Crippen LogP contribution >= 0.6 is 0 Å². The van der Waals surface area contributed by atoms with Gasteiger partial charge in [0.15, 0.2) is 0 Å². The number of nitrogens with one attached hydrogen (secondary N) is 2. The number of hydrogen-bond donors (Lipinski definition) is 2. The van der Waals surface area contributed by atoms with Crippen molar-refractivity contribution in [2.45, 2.75) is 32.4 Å². The van der Waals surface area contributed by atoms with Crippen molar-refractivity contribution >= 4 is 29.0 Å². The number of carbonyl (C=O) groups is 2. The Kier molecular flexibility index (Phi) is 9.61. The van der Waals surface area contributed by atoms with Gasteiger partial charge in [-0.2, -0.15) is 0 Å². The number of carbonyl (C=O) groups excluding carboxylic acids is 2. The third-order valence-electron chi connectivity index (χ3n) is 8.09. The van der Waals surface area contributed by atoms with E-state index in [9.17, 15) is 9.59 Å². The number of hydrazine groups is 1. The lowest BCUT2D eigenvalue weighted by atomic mass is 10.0. The summed E-state index contributed by atoms with van der Waals surface area (Å²) in [5.74, 6) is 0.0562. The van der Waals surface area contributed by atoms with Crippen molar-refractivity contribution in [1.29, 1.82) is 0 Å². The third-order valence-corrected chi connectivity index (χ3v) is 8.09. The molecule has 3 aromatic carbocycles. The summed E-state index contributed by atoms with van der Waals surface area (Å²) in [6.07, 6.45) is 0.872. The van der Waals surface area contributed by atoms with E-state index in [-0.39, 0.29) is 24.0 Å². The Hall–Kier alpha value is -4.08. The molecule has 0 aliphatic carbocycles. The molecule has 0 spiro atoms. The molecular weight excluding hydrogens is 526 g/mol. The number of anilines is 3. The van der Waals surface area contributed by atoms with Gasteiger partial charge >= 0.3 is 6.03 Å². The molecule has 0 radical (unpaired) electrons. The van der Waals surface area contributed by atoms with Gasteiger partial charge < -0.3 is 15.1 Å². The van der Waals surface area contributed by atoms with Gasteiger partial charge in [0, 0.05) is 69.4 Å². The zero-order valence-electron chi connectivity index (χ0n) is 24.9. The van der Waals surface area contributed by atoms with Crippen LogP contribution in [0.3, 0.4) is 0 Å². The fourth-order valence-electron chi connectivity index (χ4n) is 5.70. The molecule has 9 nitrogen and oxygen atoms in total. The molecule has 2 aliphatic rings. The Balaban J connectivity index is 1.16. The highest BCUT2D eigenvalue weighted by atomic mass is 16.2. The molecule has 2 aliphatic heterocycles. The maximum atomic E-state index is 13.5. The summed E-state index contributed by atoms with van der Waals surface area (Å²) in [4.78, 5) is 34.9. The van der Waals surface area contributed by atoms with Gasteiger partial charge in [0.05, 0.1) is 6.67 Å². The number of benzene rings is 3. The van der Waals surface area contributed by atoms with Crippen molar-refractivity contribution in [3.05, 3.63) is 90.5 Å². The summed E-state index contributed by atoms with van der Waals surface area (Å²) >= 11 is 0. The average molecular weight is 570 g/mol. The molecule has 2 saturated heterocycles. The molecule has 0 bridgehead atoms. The zero-order chi connectivity index (χ0) is 29.5. The number of rotatable bonds is 11. The molecule has 3 amide bonds. The van der Waals surface area contributed by atoms with Gasteiger partial charge in [0.1, 0.15) is 6.04 Å². The second-order valence-corrected chi connectivity index (χ2v) is 11.2. The fourth-order valence-corrected chi connectivity index (χ4v) is 5.70. The van der Waals surface area contributed by atoms with E-state index in [1.54, 1.807) is 9.91 Å². The molecule has 2 fully saturated rings. The second kappa shape index (κ2) is 13.7. The van der Waals surface area contributed by atoms with Gasteiger partial charge in [-0.1, -0.05) is 48.5 Å². The molecule has 42 heavy (non-hydrogen) atoms. The van der Waals surface area contributed by atoms with Gasteiger partial charge in [-0.05, 0) is 62.2 Å². The van der Waals surface area contributed by atoms with Crippen molar-refractivity contribution in [1.82, 2.24) is 20.7 Å². The second-order valence-electron chi connectivity index (χ2n) is 11.2. The third kappa shape index (κ3) is 6.86. The predicted molar refractivity (Wildman–Crippen MR) is 170 cm³/mol. The average Bonchev–Trinajstić information content (AvgIpc) is 3.42. The highest BCUT2D eigenvalue weighted by molar-refractivity contribution is 5.93. The van der Waals surface area contributed by atoms with E-state index >= 15 is 0 Å². The van der Waals surface area contributed by atoms with Gasteiger partial charge in [-0.15, -0.1) is 0 Å². The van der Waals surface area contributed by atoms with E-state index in [4.69, 9.17) is 0 Å². The first-order valence-electron chi connectivity index (χ1n) is 14.9. The standard InChI is InChI=1S/C33H43N7O2/c1-26(2)40-33(42)39(25-35-40)30-17-15-29(16-18-30)37-21-23-38(24-22-37)31(27-11-6-4-7-12-27)32(41)34-19-10-20-36(3)28-13-8-5-9-14-28/h4-9,11-18,26,31,35H,10,19-25H2,1-3H3,(H,34,41). The minimum Gasteiger partial charge on any atom is -0.375 e. The van der Waals surface area contributed by atoms with Gasteiger partial charge in [0.2, 0.25) is 5.91 Å². The van der Waals surface area contributed by atoms with E-state index in [1.807, 2.05) is 74.5 Å². The minimum absolute atomic E-state index is 0.0280. The summed E-state index contributed by atoms with van der Waals surface area (Å²) in [5.41, 5.74) is 7.37. The first-order chi connectivity index (χ1) is 20.4. The molecule has 0 saturated carbocycles. The maximum Gasteiger partial charge on any atom is 0.340 e. The highest BCUT2D eigenvalue weighted by Crippen LogP contribution is 2.27. The molecule has 5 rings (SSSR count). The highest BCUT2D eigenvalue weighted by Gasteiger charge is 2.32. The number of nitrogens with zero attached hydrogens (tertiary/aromatic N) is 5. The maximum absolute atomic E-state index is 13.5. The number of para-hydroxylation sites is 1. The van der Waals surface area contributed by atoms with Crippen LogP contribution in [0.25, 0.3) is 0 Å². The van der Waals surface area contributed by atoms with Crippen LogP contribution in [0, 0.1) is 0 Å². The smallest absolute Gasteiger partial charge is 0.340 e. The monoisotopic (exact) mass is 569 g/mol. The van der Waals surface area contributed by atoms with Crippen LogP contribution in [0.5, 0.6) is 0 Å². The minimum atomic E-state index is -0.319. The molecule has 2 N–H and O–H groups in total. The lowest BCUT2D eigenvalue weighted by Gasteiger charge is -2.40. The summed E-state index contributed by atoms with van der Waals surface area (Å²) < 4.78 is 0. The topological polar surface area (TPSA) is 74.4 Å². The quantitative estimate of drug-likeness (QED) is 0.336. The van der Waals surface area contributed by atoms with Crippen LogP contribution in [-0.4, -0.2) is 80.9 Å². The predicted octanol–water partition coefficient (Wildman–Crippen LogP) is 4.31. The Morgan fingerprint density at radius 1 is 0.881 bits per heavy atom. The van der Waals surface area contributed by atoms with Crippen LogP contribution in [0.1, 0.15) is 31.9 Å². The number of piperazine rings is 1. The zero-order valence-corrected chi connectivity index (χ0v) is 24.9. The van der Waals surface area contributed by atoms with Crippen LogP contribution in [0.4, 0.5) is 21.9 Å². The molecule has 0 aromatic heterocycles. The fraction of sp³-hybridized carbons (Fsp3) is 0.394. The van der Waals surface area contributed by atoms with Crippen LogP contribution in [0.2, 0.25) is 0 Å². The van der Waals surface area contributed by atoms with Crippen LogP contribution in [0.15, 0.2) is 84.9 Å². The van der Waals surface area contributed by atoms with Crippen LogP contribution in [-0.2, 0) is 4.79 Å². The van der Waals surface area contributed by atoms with Crippen molar-refractivity contribution in [2.75, 3.05) is 67.7 Å². The number of hydrogen-bond acceptors (Lipinski definition) is 6. The lowest BCUT2D eigenvalue weighted by Crippen LogP contribution is -2.51. The lowest BCUT2D eigenvalue weighted by molar-refractivity contribution is -0.126. The first-order valence-corrected chi connectivity index (χ1v) is 14.9. The van der Waals surface area contributed by atoms with Crippen LogP contribution < -0.4 is 25.4 Å². The van der Waals surface area contributed by atoms with E-state index in [2.05, 4.69) is 56.8 Å². The summed E-state index contributed by atoms with van der Waals surface area (Å²) in [6.45, 7) is 9.18. The largest absolute Gasteiger partial charge is 0.375 e. The number of urea groups is 1. The molecule has 9 heteroatoms. The van der Waals surface area contributed by atoms with Crippen molar-refractivity contribution in [3.63, 3.8) is 0 Å². The van der Waals surface area contributed by atoms with E-state index in [0.29, 0.717) is 13.2 Å². The molecule has 222 valence electrons. The van der Waals surface area contributed by atoms with Crippen molar-refractivity contribution in [2.24, 2.45) is 0 Å². The van der Waals surface area contributed by atoms with Gasteiger partial charge in [-0.3, -0.25) is 19.6 Å². The Bertz CT molecular complexity index is 1290. The SMILES string of the molecule is CC(C)N1NCN(c2ccc(N3CCN(C(C(=O)NCCCN(C)c4ccccc4)c4ccccc4)CC3)cc2)C1=O. The van der Waals surface area contributed by atoms with E-state index in [0.717, 1.165) is 56.1 Å². The summed E-state index contributed by atoms with van der Waals surface area (Å²) in [6, 6.07) is 28.4. The molecule has 1 atom stereocenters. The Labute approximate surface area is 249 Å². The molecule has 3 aromatic rings. The van der Waals surface area contributed by atoms with Crippen molar-refractivity contribution in [3.8, 4) is 0 Å². The van der Waals surface area contributed by atoms with Gasteiger partial charge in [0.25, 0.3) is 0 Å². The first kappa shape index (κ1) is 29.4. The Morgan fingerprint density at radius 3 is 2.12 bits per heavy atom. The Morgan fingerprint density at radius 2 is 1.50 bits per heavy atom. The molecular formula is C33H43N7O2. The normalized spacial score (nSPS) is 16.7. The molecule has 1 unspecified atom stereocenters. The van der Waals surface area contributed by atoms with Crippen molar-refractivity contribution < 1.29 is 9.59 Å². The summed E-state index contributed by atoms with van der Waals surface area (Å²) in [5, 5.41) is 4.88. The van der Waals surface area contributed by atoms with E-state index < -0.39 is 0 Å². The number of amides is 3. The molecule has 2 heterocycles.